The average molecular weight is 257 g/mol. The van der Waals surface area contributed by atoms with Gasteiger partial charge in [-0.05, 0) is 37.3 Å². The Balaban J connectivity index is 2.22. The Labute approximate surface area is 109 Å². The Morgan fingerprint density at radius 2 is 2.00 bits per heavy atom. The fourth-order valence-electron chi connectivity index (χ4n) is 1.93. The molecule has 6 heteroatoms. The van der Waals surface area contributed by atoms with E-state index in [4.69, 9.17) is 12.2 Å². The van der Waals surface area contributed by atoms with Crippen molar-refractivity contribution in [3.05, 3.63) is 35.4 Å². The fraction of sp³-hybridized carbons (Fsp3) is 0.167. The first kappa shape index (κ1) is 11.0. The Hall–Kier alpha value is -2.08. The number of rotatable bonds is 2. The van der Waals surface area contributed by atoms with Crippen LogP contribution in [-0.2, 0) is 6.54 Å². The van der Waals surface area contributed by atoms with Gasteiger partial charge in [-0.1, -0.05) is 0 Å². The second-order valence-corrected chi connectivity index (χ2v) is 4.24. The van der Waals surface area contributed by atoms with E-state index >= 15 is 0 Å². The van der Waals surface area contributed by atoms with Crippen molar-refractivity contribution in [2.24, 2.45) is 0 Å². The molecule has 0 spiro atoms. The predicted molar refractivity (Wildman–Crippen MR) is 71.6 cm³/mol. The molecule has 0 aliphatic rings. The van der Waals surface area contributed by atoms with Crippen LogP contribution in [0.15, 0.2) is 30.6 Å². The molecule has 0 bridgehead atoms. The minimum atomic E-state index is 0.631. The van der Waals surface area contributed by atoms with E-state index < -0.39 is 0 Å². The van der Waals surface area contributed by atoms with Crippen LogP contribution in [0.3, 0.4) is 0 Å². The Morgan fingerprint density at radius 1 is 1.22 bits per heavy atom. The molecule has 3 aromatic rings. The van der Waals surface area contributed by atoms with Gasteiger partial charge in [-0.15, -0.1) is 0 Å². The van der Waals surface area contributed by atoms with Gasteiger partial charge in [-0.25, -0.2) is 0 Å². The second kappa shape index (κ2) is 4.30. The molecule has 0 atom stereocenters. The number of hydrogen-bond donors (Lipinski definition) is 1. The molecule has 5 nitrogen and oxygen atoms in total. The minimum absolute atomic E-state index is 0.631. The summed E-state index contributed by atoms with van der Waals surface area (Å²) in [7, 11) is 0. The normalized spacial score (nSPS) is 10.9. The van der Waals surface area contributed by atoms with Crippen LogP contribution in [0, 0.1) is 4.77 Å². The molecule has 18 heavy (non-hydrogen) atoms. The van der Waals surface area contributed by atoms with Gasteiger partial charge in [-0.3, -0.25) is 15.1 Å². The SMILES string of the molecule is CCn1c(-c2ccc3nccnc3c2)n[nH]c1=S. The average Bonchev–Trinajstić information content (AvgIpc) is 2.79. The smallest absolute Gasteiger partial charge is 0.195 e. The first-order chi connectivity index (χ1) is 8.79. The van der Waals surface area contributed by atoms with E-state index in [1.165, 1.54) is 0 Å². The van der Waals surface area contributed by atoms with Crippen molar-refractivity contribution in [3.8, 4) is 11.4 Å². The molecule has 0 saturated heterocycles. The molecule has 2 aromatic heterocycles. The van der Waals surface area contributed by atoms with Gasteiger partial charge in [0.15, 0.2) is 10.6 Å². The maximum Gasteiger partial charge on any atom is 0.195 e. The number of nitrogens with one attached hydrogen (secondary N) is 1. The molecule has 1 aromatic carbocycles. The summed E-state index contributed by atoms with van der Waals surface area (Å²) >= 11 is 5.18. The number of aromatic amines is 1. The first-order valence-electron chi connectivity index (χ1n) is 5.66. The minimum Gasteiger partial charge on any atom is -0.300 e. The van der Waals surface area contributed by atoms with Crippen LogP contribution in [-0.4, -0.2) is 24.7 Å². The highest BCUT2D eigenvalue weighted by Gasteiger charge is 2.08. The van der Waals surface area contributed by atoms with Gasteiger partial charge >= 0.3 is 0 Å². The van der Waals surface area contributed by atoms with E-state index in [0.29, 0.717) is 4.77 Å². The van der Waals surface area contributed by atoms with Crippen molar-refractivity contribution < 1.29 is 0 Å². The number of benzene rings is 1. The van der Waals surface area contributed by atoms with Crippen LogP contribution >= 0.6 is 12.2 Å². The quantitative estimate of drug-likeness (QED) is 0.717. The van der Waals surface area contributed by atoms with Gasteiger partial charge in [-0.2, -0.15) is 5.10 Å². The molecule has 0 unspecified atom stereocenters. The Kier molecular flexibility index (Phi) is 2.64. The lowest BCUT2D eigenvalue weighted by Gasteiger charge is -2.04. The van der Waals surface area contributed by atoms with Gasteiger partial charge in [0, 0.05) is 24.5 Å². The second-order valence-electron chi connectivity index (χ2n) is 3.86. The van der Waals surface area contributed by atoms with Gasteiger partial charge in [0.05, 0.1) is 11.0 Å². The van der Waals surface area contributed by atoms with E-state index in [1.807, 2.05) is 29.7 Å². The van der Waals surface area contributed by atoms with Crippen LogP contribution in [0.4, 0.5) is 0 Å². The Morgan fingerprint density at radius 3 is 2.78 bits per heavy atom. The standard InChI is InChI=1S/C12H11N5S/c1-2-17-11(15-16-12(17)18)8-3-4-9-10(7-8)14-6-5-13-9/h3-7H,2H2,1H3,(H,16,18). The van der Waals surface area contributed by atoms with E-state index in [1.54, 1.807) is 12.4 Å². The van der Waals surface area contributed by atoms with Crippen molar-refractivity contribution in [2.75, 3.05) is 0 Å². The molecule has 0 radical (unpaired) electrons. The molecule has 0 saturated carbocycles. The molecule has 3 rings (SSSR count). The van der Waals surface area contributed by atoms with Crippen LogP contribution in [0.2, 0.25) is 0 Å². The largest absolute Gasteiger partial charge is 0.300 e. The van der Waals surface area contributed by atoms with Crippen LogP contribution in [0.5, 0.6) is 0 Å². The number of fused-ring (bicyclic) bond motifs is 1. The van der Waals surface area contributed by atoms with Gasteiger partial charge in [0.2, 0.25) is 0 Å². The van der Waals surface area contributed by atoms with Gasteiger partial charge in [0.1, 0.15) is 0 Å². The maximum absolute atomic E-state index is 5.18. The lowest BCUT2D eigenvalue weighted by Crippen LogP contribution is -1.97. The van der Waals surface area contributed by atoms with Crippen molar-refractivity contribution in [1.82, 2.24) is 24.7 Å². The first-order valence-corrected chi connectivity index (χ1v) is 6.07. The number of nitrogens with zero attached hydrogens (tertiary/aromatic N) is 4. The summed E-state index contributed by atoms with van der Waals surface area (Å²) in [5.74, 6) is 0.829. The molecule has 0 aliphatic heterocycles. The zero-order valence-corrected chi connectivity index (χ0v) is 10.6. The highest BCUT2D eigenvalue weighted by molar-refractivity contribution is 7.71. The molecule has 2 heterocycles. The lowest BCUT2D eigenvalue weighted by atomic mass is 10.2. The van der Waals surface area contributed by atoms with E-state index in [2.05, 4.69) is 20.2 Å². The van der Waals surface area contributed by atoms with Gasteiger partial charge < -0.3 is 4.57 Å². The third-order valence-corrected chi connectivity index (χ3v) is 3.11. The number of H-pyrrole nitrogens is 1. The monoisotopic (exact) mass is 257 g/mol. The lowest BCUT2D eigenvalue weighted by molar-refractivity contribution is 0.756. The van der Waals surface area contributed by atoms with Gasteiger partial charge in [0.25, 0.3) is 0 Å². The topological polar surface area (TPSA) is 59.4 Å². The highest BCUT2D eigenvalue weighted by Crippen LogP contribution is 2.20. The van der Waals surface area contributed by atoms with Crippen LogP contribution in [0.25, 0.3) is 22.4 Å². The summed E-state index contributed by atoms with van der Waals surface area (Å²) in [6.45, 7) is 2.82. The predicted octanol–water partition coefficient (Wildman–Crippen LogP) is 2.57. The number of hydrogen-bond acceptors (Lipinski definition) is 4. The van der Waals surface area contributed by atoms with Crippen LogP contribution in [0.1, 0.15) is 6.92 Å². The summed E-state index contributed by atoms with van der Waals surface area (Å²) in [6.07, 6.45) is 3.37. The van der Waals surface area contributed by atoms with Crippen molar-refractivity contribution in [3.63, 3.8) is 0 Å². The third-order valence-electron chi connectivity index (χ3n) is 2.80. The van der Waals surface area contributed by atoms with Crippen LogP contribution < -0.4 is 0 Å². The van der Waals surface area contributed by atoms with E-state index in [-0.39, 0.29) is 0 Å². The molecule has 0 aliphatic carbocycles. The number of aromatic nitrogens is 5. The van der Waals surface area contributed by atoms with Crippen molar-refractivity contribution >= 4 is 23.3 Å². The maximum atomic E-state index is 5.18. The Bertz CT molecular complexity index is 758. The summed E-state index contributed by atoms with van der Waals surface area (Å²) in [5.41, 5.74) is 2.71. The zero-order valence-electron chi connectivity index (χ0n) is 9.79. The summed E-state index contributed by atoms with van der Waals surface area (Å²) in [4.78, 5) is 8.54. The van der Waals surface area contributed by atoms with E-state index in [9.17, 15) is 0 Å². The highest BCUT2D eigenvalue weighted by atomic mass is 32.1. The fourth-order valence-corrected chi connectivity index (χ4v) is 2.20. The molecule has 1 N–H and O–H groups in total. The summed E-state index contributed by atoms with van der Waals surface area (Å²) < 4.78 is 2.58. The third kappa shape index (κ3) is 1.70. The zero-order chi connectivity index (χ0) is 12.5. The molecule has 0 amide bonds. The van der Waals surface area contributed by atoms with Crippen molar-refractivity contribution in [2.45, 2.75) is 13.5 Å². The van der Waals surface area contributed by atoms with Crippen molar-refractivity contribution in [1.29, 1.82) is 0 Å². The molecule has 0 fully saturated rings. The molecular formula is C12H11N5S. The summed E-state index contributed by atoms with van der Waals surface area (Å²) in [6, 6.07) is 5.89. The molecule has 90 valence electrons. The molecular weight excluding hydrogens is 246 g/mol. The summed E-state index contributed by atoms with van der Waals surface area (Å²) in [5, 5.41) is 7.08. The van der Waals surface area contributed by atoms with E-state index in [0.717, 1.165) is 29.0 Å².